The molecule has 0 spiro atoms. The van der Waals surface area contributed by atoms with Crippen LogP contribution in [-0.2, 0) is 14.4 Å². The number of hydrogen-bond acceptors (Lipinski definition) is 7. The molecule has 0 heterocycles. The second-order valence-electron chi connectivity index (χ2n) is 8.09. The van der Waals surface area contributed by atoms with Crippen molar-refractivity contribution in [2.45, 2.75) is 31.2 Å². The van der Waals surface area contributed by atoms with E-state index in [1.54, 1.807) is 31.8 Å². The molecule has 2 aromatic carbocycles. The first-order valence-corrected chi connectivity index (χ1v) is 12.1. The van der Waals surface area contributed by atoms with Gasteiger partial charge in [-0.25, -0.2) is 9.23 Å². The van der Waals surface area contributed by atoms with Gasteiger partial charge in [0, 0.05) is 28.1 Å². The first-order valence-electron chi connectivity index (χ1n) is 11.3. The maximum atomic E-state index is 13.7. The topological polar surface area (TPSA) is 85.4 Å². The van der Waals surface area contributed by atoms with Gasteiger partial charge in [-0.3, -0.25) is 4.79 Å². The number of ether oxygens (including phenoxy) is 2. The molecule has 2 aromatic rings. The Morgan fingerprint density at radius 1 is 1.14 bits per heavy atom. The summed E-state index contributed by atoms with van der Waals surface area (Å²) in [5.74, 6) is 1.12. The van der Waals surface area contributed by atoms with Gasteiger partial charge in [-0.2, -0.15) is 5.48 Å². The fourth-order valence-electron chi connectivity index (χ4n) is 3.20. The molecule has 0 aliphatic heterocycles. The summed E-state index contributed by atoms with van der Waals surface area (Å²) in [5.41, 5.74) is 2.15. The highest BCUT2D eigenvalue weighted by Crippen LogP contribution is 2.29. The molecule has 190 valence electrons. The van der Waals surface area contributed by atoms with Crippen LogP contribution >= 0.6 is 11.8 Å². The van der Waals surface area contributed by atoms with Gasteiger partial charge in [0.25, 0.3) is 0 Å². The number of halogens is 1. The monoisotopic (exact) mass is 504 g/mol. The van der Waals surface area contributed by atoms with Crippen LogP contribution in [0, 0.1) is 11.7 Å². The molecule has 0 amide bonds. The van der Waals surface area contributed by atoms with Gasteiger partial charge in [0.2, 0.25) is 5.82 Å². The van der Waals surface area contributed by atoms with Crippen LogP contribution in [0.5, 0.6) is 5.75 Å². The Balaban J connectivity index is 2.29. The number of nitrogens with two attached hydrogens (primary N) is 1. The number of hydrogen-bond donors (Lipinski definition) is 3. The Morgan fingerprint density at radius 3 is 2.49 bits per heavy atom. The molecular weight excluding hydrogens is 469 g/mol. The van der Waals surface area contributed by atoms with E-state index in [1.165, 1.54) is 31.0 Å². The van der Waals surface area contributed by atoms with Crippen LogP contribution in [-0.4, -0.2) is 39.9 Å². The maximum absolute atomic E-state index is 13.7. The summed E-state index contributed by atoms with van der Waals surface area (Å²) in [5, 5.41) is 6.45. The van der Waals surface area contributed by atoms with Crippen molar-refractivity contribution in [3.8, 4) is 5.75 Å². The van der Waals surface area contributed by atoms with E-state index < -0.39 is 6.04 Å². The van der Waals surface area contributed by atoms with Crippen molar-refractivity contribution in [3.05, 3.63) is 77.2 Å². The quantitative estimate of drug-likeness (QED) is 0.155. The summed E-state index contributed by atoms with van der Waals surface area (Å²) >= 11 is 1.54. The molecule has 9 heteroatoms. The number of thioether (sulfide) groups is 1. The maximum Gasteiger partial charge on any atom is 0.322 e. The first-order chi connectivity index (χ1) is 16.8. The lowest BCUT2D eigenvalue weighted by Gasteiger charge is -2.17. The number of hydroxylamine groups is 1. The molecule has 4 N–H and O–H groups in total. The molecule has 0 aromatic heterocycles. The highest BCUT2D eigenvalue weighted by molar-refractivity contribution is 8.03. The number of anilines is 1. The number of quaternary nitrogens is 1. The Kier molecular flexibility index (Phi) is 12.3. The normalized spacial score (nSPS) is 13.0. The van der Waals surface area contributed by atoms with Gasteiger partial charge in [0.05, 0.1) is 21.3 Å². The molecule has 1 unspecified atom stereocenters. The van der Waals surface area contributed by atoms with Crippen molar-refractivity contribution in [2.75, 3.05) is 33.2 Å². The zero-order chi connectivity index (χ0) is 25.6. The van der Waals surface area contributed by atoms with Crippen molar-refractivity contribution in [2.24, 2.45) is 5.92 Å². The predicted octanol–water partition coefficient (Wildman–Crippen LogP) is 4.07. The Morgan fingerprint density at radius 2 is 1.89 bits per heavy atom. The van der Waals surface area contributed by atoms with Crippen molar-refractivity contribution in [1.82, 2.24) is 5.32 Å². The van der Waals surface area contributed by atoms with Gasteiger partial charge >= 0.3 is 5.97 Å². The Labute approximate surface area is 211 Å². The zero-order valence-electron chi connectivity index (χ0n) is 20.8. The van der Waals surface area contributed by atoms with Crippen LogP contribution in [0.1, 0.15) is 20.3 Å². The van der Waals surface area contributed by atoms with E-state index in [2.05, 4.69) is 24.5 Å². The summed E-state index contributed by atoms with van der Waals surface area (Å²) < 4.78 is 23.9. The fourth-order valence-corrected chi connectivity index (χ4v) is 4.10. The van der Waals surface area contributed by atoms with E-state index >= 15 is 0 Å². The lowest BCUT2D eigenvalue weighted by molar-refractivity contribution is -0.853. The zero-order valence-corrected chi connectivity index (χ0v) is 21.7. The molecule has 7 nitrogen and oxygen atoms in total. The van der Waals surface area contributed by atoms with E-state index in [4.69, 9.17) is 14.3 Å². The number of allylic oxidation sites excluding steroid dienone is 1. The molecule has 0 bridgehead atoms. The number of methoxy groups -OCH3 is 2. The molecule has 0 aliphatic carbocycles. The summed E-state index contributed by atoms with van der Waals surface area (Å²) in [6.45, 7) is 4.57. The fraction of sp³-hybridized carbons (Fsp3) is 0.346. The van der Waals surface area contributed by atoms with Gasteiger partial charge < -0.3 is 20.1 Å². The van der Waals surface area contributed by atoms with E-state index in [0.717, 1.165) is 15.6 Å². The van der Waals surface area contributed by atoms with E-state index in [1.807, 2.05) is 36.4 Å². The second kappa shape index (κ2) is 15.2. The Hall–Kier alpha value is -2.85. The minimum Gasteiger partial charge on any atom is -0.497 e. The molecule has 0 fully saturated rings. The lowest BCUT2D eigenvalue weighted by Crippen LogP contribution is -2.81. The average molecular weight is 505 g/mol. The predicted molar refractivity (Wildman–Crippen MR) is 137 cm³/mol. The molecule has 0 saturated carbocycles. The van der Waals surface area contributed by atoms with E-state index in [9.17, 15) is 9.18 Å². The van der Waals surface area contributed by atoms with Gasteiger partial charge in [-0.15, -0.1) is 0 Å². The summed E-state index contributed by atoms with van der Waals surface area (Å²) in [6.07, 6.45) is 4.56. The minimum atomic E-state index is -0.400. The lowest BCUT2D eigenvalue weighted by atomic mass is 10.0. The number of benzene rings is 2. The minimum absolute atomic E-state index is 0.284. The SMILES string of the molecule is CO[NH2+]/C(=C\C(=C/CNC(CC(C)C)C(=O)OC)Sc1ccc(OC)cc1)Nc1cccc(F)c1. The van der Waals surface area contributed by atoms with Crippen molar-refractivity contribution < 1.29 is 29.0 Å². The highest BCUT2D eigenvalue weighted by atomic mass is 32.2. The number of esters is 1. The number of carbonyl (C=O) groups excluding carboxylic acids is 1. The third-order valence-electron chi connectivity index (χ3n) is 4.81. The van der Waals surface area contributed by atoms with Crippen LogP contribution in [0.25, 0.3) is 0 Å². The largest absolute Gasteiger partial charge is 0.497 e. The van der Waals surface area contributed by atoms with Crippen molar-refractivity contribution >= 4 is 23.4 Å². The summed E-state index contributed by atoms with van der Waals surface area (Å²) in [4.78, 5) is 19.3. The number of rotatable bonds is 14. The van der Waals surface area contributed by atoms with Gasteiger partial charge in [-0.05, 0) is 54.8 Å². The molecule has 0 saturated heterocycles. The highest BCUT2D eigenvalue weighted by Gasteiger charge is 2.19. The van der Waals surface area contributed by atoms with Gasteiger partial charge in [0.15, 0.2) is 0 Å². The summed E-state index contributed by atoms with van der Waals surface area (Å²) in [6, 6.07) is 13.5. The van der Waals surface area contributed by atoms with E-state index in [-0.39, 0.29) is 11.8 Å². The number of carbonyl (C=O) groups is 1. The third kappa shape index (κ3) is 10.5. The molecule has 0 aliphatic rings. The first kappa shape index (κ1) is 28.4. The van der Waals surface area contributed by atoms with Crippen LogP contribution < -0.4 is 20.9 Å². The molecule has 0 radical (unpaired) electrons. The van der Waals surface area contributed by atoms with Crippen LogP contribution in [0.15, 0.2) is 76.3 Å². The number of nitrogens with one attached hydrogen (secondary N) is 2. The van der Waals surface area contributed by atoms with Crippen LogP contribution in [0.2, 0.25) is 0 Å². The average Bonchev–Trinajstić information content (AvgIpc) is 2.83. The summed E-state index contributed by atoms with van der Waals surface area (Å²) in [7, 11) is 4.57. The molecule has 1 atom stereocenters. The van der Waals surface area contributed by atoms with Gasteiger partial charge in [0.1, 0.15) is 17.6 Å². The molecule has 35 heavy (non-hydrogen) atoms. The molecular formula is C26H35FN3O4S+. The van der Waals surface area contributed by atoms with Crippen LogP contribution in [0.3, 0.4) is 0 Å². The van der Waals surface area contributed by atoms with Crippen molar-refractivity contribution in [3.63, 3.8) is 0 Å². The van der Waals surface area contributed by atoms with Crippen molar-refractivity contribution in [1.29, 1.82) is 0 Å². The van der Waals surface area contributed by atoms with Gasteiger partial charge in [-0.1, -0.05) is 37.8 Å². The van der Waals surface area contributed by atoms with Crippen LogP contribution in [0.4, 0.5) is 10.1 Å². The standard InChI is InChI=1S/C26H34FN3O4S/c1-18(2)15-24(26(31)33-4)28-14-13-23(35-22-11-9-21(32-3)10-12-22)17-25(30-34-5)29-20-8-6-7-19(27)16-20/h6-13,16-18,24,28-30H,14-15H2,1-5H3/p+1/b23-13+,25-17-. The smallest absolute Gasteiger partial charge is 0.322 e. The van der Waals surface area contributed by atoms with E-state index in [0.29, 0.717) is 30.4 Å². The molecule has 2 rings (SSSR count). The third-order valence-corrected chi connectivity index (χ3v) is 5.84. The Bertz CT molecular complexity index is 996. The second-order valence-corrected chi connectivity index (χ2v) is 9.23.